The van der Waals surface area contributed by atoms with Gasteiger partial charge in [-0.2, -0.15) is 18.3 Å². The van der Waals surface area contributed by atoms with E-state index in [0.29, 0.717) is 75.1 Å². The average molecular weight is 1030 g/mol. The Balaban J connectivity index is 0.723. The molecule has 4 N–H and O–H groups in total. The van der Waals surface area contributed by atoms with Gasteiger partial charge in [-0.15, -0.1) is 11.3 Å². The van der Waals surface area contributed by atoms with Crippen molar-refractivity contribution < 1.29 is 56.4 Å². The Bertz CT molecular complexity index is 2820. The number of nitrogens with zero attached hydrogens (tertiary/aromatic N) is 5. The summed E-state index contributed by atoms with van der Waals surface area (Å²) in [6.07, 6.45) is -2.88. The van der Waals surface area contributed by atoms with Crippen LogP contribution in [0.1, 0.15) is 67.2 Å². The molecule has 1 saturated heterocycles. The highest BCUT2D eigenvalue weighted by Crippen LogP contribution is 2.35. The highest BCUT2D eigenvalue weighted by Gasteiger charge is 2.44. The molecule has 3 unspecified atom stereocenters. The van der Waals surface area contributed by atoms with Crippen LogP contribution in [0.5, 0.6) is 0 Å². The minimum absolute atomic E-state index is 0.0123. The molecule has 0 bridgehead atoms. The van der Waals surface area contributed by atoms with Gasteiger partial charge in [-0.1, -0.05) is 45.0 Å². The maximum absolute atomic E-state index is 13.9. The second kappa shape index (κ2) is 24.7. The molecule has 1 aliphatic rings. The molecule has 0 aliphatic carbocycles. The van der Waals surface area contributed by atoms with Crippen molar-refractivity contribution in [3.63, 3.8) is 0 Å². The molecule has 0 radical (unpaired) electrons. The zero-order valence-electron chi connectivity index (χ0n) is 41.6. The third-order valence-electron chi connectivity index (χ3n) is 12.3. The molecule has 3 aromatic carbocycles. The van der Waals surface area contributed by atoms with Crippen LogP contribution < -0.4 is 16.0 Å². The number of halogens is 3. The summed E-state index contributed by atoms with van der Waals surface area (Å²) < 4.78 is 65.4. The number of aromatic nitrogens is 4. The molecule has 392 valence electrons. The minimum atomic E-state index is -4.45. The summed E-state index contributed by atoms with van der Waals surface area (Å²) in [7, 11) is 1.75. The van der Waals surface area contributed by atoms with Gasteiger partial charge in [0.25, 0.3) is 5.91 Å². The van der Waals surface area contributed by atoms with E-state index in [1.54, 1.807) is 57.5 Å². The number of β-amino-alcohol motifs (C(OH)–C–C–N with tert-alkyl or cyclic N) is 1. The van der Waals surface area contributed by atoms with Crippen molar-refractivity contribution in [2.45, 2.75) is 77.9 Å². The number of nitrogens with one attached hydrogen (secondary N) is 3. The number of fused-ring (bicyclic) bond motifs is 3. The number of hydrogen-bond acceptors (Lipinski definition) is 12. The lowest BCUT2D eigenvalue weighted by atomic mass is 9.85. The molecule has 0 saturated carbocycles. The minimum Gasteiger partial charge on any atom is -0.391 e. The van der Waals surface area contributed by atoms with E-state index in [1.807, 2.05) is 52.0 Å². The molecular weight excluding hydrogens is 970 g/mol. The molecule has 21 heteroatoms. The van der Waals surface area contributed by atoms with E-state index >= 15 is 0 Å². The molecule has 1 fully saturated rings. The maximum Gasteiger partial charge on any atom is 0.416 e. The number of benzene rings is 3. The lowest BCUT2D eigenvalue weighted by molar-refractivity contribution is -0.144. The number of aryl methyl sites for hydroxylation is 2. The number of amides is 4. The third kappa shape index (κ3) is 14.3. The Morgan fingerprint density at radius 3 is 2.14 bits per heavy atom. The normalized spacial score (nSPS) is 15.5. The molecule has 3 atom stereocenters. The van der Waals surface area contributed by atoms with E-state index in [4.69, 9.17) is 18.9 Å². The van der Waals surface area contributed by atoms with E-state index in [1.165, 1.54) is 17.0 Å². The Hall–Kier alpha value is -6.23. The molecule has 1 aliphatic heterocycles. The van der Waals surface area contributed by atoms with Crippen molar-refractivity contribution in [3.05, 3.63) is 101 Å². The van der Waals surface area contributed by atoms with Crippen molar-refractivity contribution in [2.75, 3.05) is 65.9 Å². The SMILES string of the molecule is Cc1ncsc1-c1ccc(CNC(=O)C2CC(O)CN2C(=O)C(NC(=O)CCCOCCOCCOCCOCCNC(=O)c2ccc3c(c2)c2cn(C)nc2n3-c2ccc(C(F)(F)F)cc2)C(C)(C)C)cc1. The van der Waals surface area contributed by atoms with E-state index in [-0.39, 0.29) is 56.8 Å². The number of aliphatic hydroxyl groups is 1. The van der Waals surface area contributed by atoms with Crippen LogP contribution in [0, 0.1) is 12.3 Å². The first-order valence-electron chi connectivity index (χ1n) is 24.2. The fourth-order valence-corrected chi connectivity index (χ4v) is 9.36. The lowest BCUT2D eigenvalue weighted by Crippen LogP contribution is -2.57. The molecule has 3 aromatic heterocycles. The molecular formula is C52H63F3N8O9S. The summed E-state index contributed by atoms with van der Waals surface area (Å²) in [5.74, 6) is -1.42. The van der Waals surface area contributed by atoms with Crippen LogP contribution in [0.2, 0.25) is 0 Å². The van der Waals surface area contributed by atoms with Gasteiger partial charge in [-0.3, -0.25) is 28.4 Å². The van der Waals surface area contributed by atoms with E-state index in [2.05, 4.69) is 26.0 Å². The molecule has 73 heavy (non-hydrogen) atoms. The topological polar surface area (TPSA) is 200 Å². The Labute approximate surface area is 425 Å². The summed E-state index contributed by atoms with van der Waals surface area (Å²) in [5.41, 5.74) is 5.45. The van der Waals surface area contributed by atoms with Crippen molar-refractivity contribution in [1.82, 2.24) is 40.2 Å². The number of carbonyl (C=O) groups is 4. The summed E-state index contributed by atoms with van der Waals surface area (Å²) in [4.78, 5) is 60.2. The molecule has 7 rings (SSSR count). The predicted molar refractivity (Wildman–Crippen MR) is 269 cm³/mol. The molecule has 17 nitrogen and oxygen atoms in total. The summed E-state index contributed by atoms with van der Waals surface area (Å²) >= 11 is 1.57. The standard InChI is InChI=1S/C52H63F3N8O9S/c1-33-45(73-32-58-33)35-10-8-34(9-11-35)29-57-49(67)43-28-39(64)30-62(43)50(68)46(51(2,3)4)59-44(65)7-6-19-69-21-23-71-25-26-72-24-22-70-20-18-56-48(66)36-12-17-42-40(27-36)41-31-61(5)60-47(41)63(42)38-15-13-37(14-16-38)52(53,54)55/h8-17,27,31-32,39,43,46,64H,6-7,18-26,28-30H2,1-5H3,(H,56,66)(H,57,67)(H,59,65). The fourth-order valence-electron chi connectivity index (χ4n) is 8.54. The van der Waals surface area contributed by atoms with Gasteiger partial charge in [0, 0.05) is 74.4 Å². The first-order chi connectivity index (χ1) is 34.9. The van der Waals surface area contributed by atoms with Crippen LogP contribution in [0.15, 0.2) is 78.4 Å². The van der Waals surface area contributed by atoms with Crippen molar-refractivity contribution >= 4 is 56.9 Å². The second-order valence-corrected chi connectivity index (χ2v) is 19.8. The molecule has 0 spiro atoms. The quantitative estimate of drug-likeness (QED) is 0.0493. The van der Waals surface area contributed by atoms with Gasteiger partial charge in [0.05, 0.1) is 79.5 Å². The van der Waals surface area contributed by atoms with Crippen molar-refractivity contribution in [3.8, 4) is 16.1 Å². The monoisotopic (exact) mass is 1030 g/mol. The van der Waals surface area contributed by atoms with Gasteiger partial charge in [0.15, 0.2) is 5.65 Å². The van der Waals surface area contributed by atoms with Gasteiger partial charge < -0.3 is 44.9 Å². The van der Waals surface area contributed by atoms with Crippen LogP contribution in [0.3, 0.4) is 0 Å². The van der Waals surface area contributed by atoms with Crippen LogP contribution >= 0.6 is 11.3 Å². The van der Waals surface area contributed by atoms with Crippen LogP contribution in [-0.4, -0.2) is 137 Å². The second-order valence-electron chi connectivity index (χ2n) is 18.9. The number of alkyl halides is 3. The number of likely N-dealkylation sites (tertiary alicyclic amines) is 1. The number of hydrogen-bond donors (Lipinski definition) is 4. The average Bonchev–Trinajstić information content (AvgIpc) is 4.14. The highest BCUT2D eigenvalue weighted by molar-refractivity contribution is 7.13. The van der Waals surface area contributed by atoms with Gasteiger partial charge in [0.2, 0.25) is 17.7 Å². The van der Waals surface area contributed by atoms with Gasteiger partial charge in [0.1, 0.15) is 12.1 Å². The number of ether oxygens (including phenoxy) is 4. The number of thiazole rings is 1. The largest absolute Gasteiger partial charge is 0.416 e. The summed E-state index contributed by atoms with van der Waals surface area (Å²) in [6.45, 7) is 10.5. The summed E-state index contributed by atoms with van der Waals surface area (Å²) in [6, 6.07) is 16.1. The zero-order valence-corrected chi connectivity index (χ0v) is 42.4. The summed E-state index contributed by atoms with van der Waals surface area (Å²) in [5, 5.41) is 25.2. The lowest BCUT2D eigenvalue weighted by Gasteiger charge is -2.35. The number of aliphatic hydroxyl groups excluding tert-OH is 1. The van der Waals surface area contributed by atoms with Crippen molar-refractivity contribution in [1.29, 1.82) is 0 Å². The zero-order chi connectivity index (χ0) is 52.3. The van der Waals surface area contributed by atoms with Gasteiger partial charge >= 0.3 is 6.18 Å². The Kier molecular flexibility index (Phi) is 18.4. The maximum atomic E-state index is 13.9. The van der Waals surface area contributed by atoms with E-state index < -0.39 is 41.2 Å². The first kappa shape index (κ1) is 54.5. The Morgan fingerprint density at radius 1 is 0.849 bits per heavy atom. The van der Waals surface area contributed by atoms with Gasteiger partial charge in [-0.05, 0) is 72.4 Å². The van der Waals surface area contributed by atoms with Crippen LogP contribution in [-0.2, 0) is 53.1 Å². The first-order valence-corrected chi connectivity index (χ1v) is 25.1. The number of carbonyl (C=O) groups excluding carboxylic acids is 4. The molecule has 6 aromatic rings. The smallest absolute Gasteiger partial charge is 0.391 e. The third-order valence-corrected chi connectivity index (χ3v) is 13.3. The molecule has 4 heterocycles. The van der Waals surface area contributed by atoms with E-state index in [0.717, 1.165) is 44.6 Å². The van der Waals surface area contributed by atoms with Crippen LogP contribution in [0.4, 0.5) is 13.2 Å². The predicted octanol–water partition coefficient (Wildman–Crippen LogP) is 6.35. The van der Waals surface area contributed by atoms with Gasteiger partial charge in [-0.25, -0.2) is 4.98 Å². The highest BCUT2D eigenvalue weighted by atomic mass is 32.1. The van der Waals surface area contributed by atoms with E-state index in [9.17, 15) is 37.5 Å². The van der Waals surface area contributed by atoms with Crippen molar-refractivity contribution in [2.24, 2.45) is 12.5 Å². The van der Waals surface area contributed by atoms with Crippen LogP contribution in [0.25, 0.3) is 38.1 Å². The fraction of sp³-hybridized carbons (Fsp3) is 0.462. The number of rotatable bonds is 24. The Morgan fingerprint density at radius 2 is 1.51 bits per heavy atom. The molecule has 4 amide bonds.